The third-order valence-corrected chi connectivity index (χ3v) is 3.83. The summed E-state index contributed by atoms with van der Waals surface area (Å²) >= 11 is 0. The SMILES string of the molecule is CNC1CCOCC1c1nc(Cc2ccccc2F)no1. The van der Waals surface area contributed by atoms with Crippen LogP contribution in [-0.4, -0.2) is 36.4 Å². The molecule has 1 aliphatic heterocycles. The molecule has 0 amide bonds. The molecule has 0 radical (unpaired) electrons. The molecule has 112 valence electrons. The Hall–Kier alpha value is -1.79. The molecular weight excluding hydrogens is 273 g/mol. The first-order valence-electron chi connectivity index (χ1n) is 7.09. The lowest BCUT2D eigenvalue weighted by molar-refractivity contribution is 0.0516. The van der Waals surface area contributed by atoms with Crippen LogP contribution in [-0.2, 0) is 11.2 Å². The first-order valence-corrected chi connectivity index (χ1v) is 7.09. The average molecular weight is 291 g/mol. The Morgan fingerprint density at radius 3 is 3.05 bits per heavy atom. The van der Waals surface area contributed by atoms with Gasteiger partial charge in [-0.25, -0.2) is 4.39 Å². The third-order valence-electron chi connectivity index (χ3n) is 3.83. The summed E-state index contributed by atoms with van der Waals surface area (Å²) < 4.78 is 24.5. The fraction of sp³-hybridized carbons (Fsp3) is 0.467. The molecule has 1 fully saturated rings. The van der Waals surface area contributed by atoms with Crippen LogP contribution in [0.1, 0.15) is 29.6 Å². The highest BCUT2D eigenvalue weighted by Gasteiger charge is 2.30. The Labute approximate surface area is 122 Å². The van der Waals surface area contributed by atoms with Gasteiger partial charge in [0.25, 0.3) is 0 Å². The molecule has 0 bridgehead atoms. The zero-order chi connectivity index (χ0) is 14.7. The van der Waals surface area contributed by atoms with E-state index in [1.807, 2.05) is 7.05 Å². The normalized spacial score (nSPS) is 22.4. The van der Waals surface area contributed by atoms with Crippen molar-refractivity contribution in [2.75, 3.05) is 20.3 Å². The van der Waals surface area contributed by atoms with Crippen molar-refractivity contribution in [2.24, 2.45) is 0 Å². The number of rotatable bonds is 4. The van der Waals surface area contributed by atoms with Gasteiger partial charge in [0, 0.05) is 19.1 Å². The number of nitrogens with zero attached hydrogens (tertiary/aromatic N) is 2. The molecule has 1 aliphatic rings. The van der Waals surface area contributed by atoms with Crippen LogP contribution in [0.4, 0.5) is 4.39 Å². The van der Waals surface area contributed by atoms with Crippen molar-refractivity contribution in [1.82, 2.24) is 15.5 Å². The van der Waals surface area contributed by atoms with Crippen LogP contribution in [0.25, 0.3) is 0 Å². The standard InChI is InChI=1S/C15H18FN3O2/c1-17-13-6-7-20-9-11(13)15-18-14(19-21-15)8-10-4-2-3-5-12(10)16/h2-5,11,13,17H,6-9H2,1H3. The molecule has 5 nitrogen and oxygen atoms in total. The van der Waals surface area contributed by atoms with Gasteiger partial charge in [-0.15, -0.1) is 0 Å². The zero-order valence-electron chi connectivity index (χ0n) is 11.9. The molecule has 1 aromatic heterocycles. The van der Waals surface area contributed by atoms with Crippen LogP contribution in [0.3, 0.4) is 0 Å². The van der Waals surface area contributed by atoms with Crippen LogP contribution >= 0.6 is 0 Å². The molecule has 2 aromatic rings. The summed E-state index contributed by atoms with van der Waals surface area (Å²) in [4.78, 5) is 4.40. The number of likely N-dealkylation sites (N-methyl/N-ethyl adjacent to an activating group) is 1. The lowest BCUT2D eigenvalue weighted by atomic mass is 9.96. The average Bonchev–Trinajstić information content (AvgIpc) is 2.98. The van der Waals surface area contributed by atoms with Gasteiger partial charge in [0.15, 0.2) is 5.82 Å². The molecule has 2 unspecified atom stereocenters. The number of hydrogen-bond donors (Lipinski definition) is 1. The van der Waals surface area contributed by atoms with Gasteiger partial charge in [-0.1, -0.05) is 23.4 Å². The lowest BCUT2D eigenvalue weighted by Crippen LogP contribution is -2.39. The van der Waals surface area contributed by atoms with Gasteiger partial charge in [-0.2, -0.15) is 4.98 Å². The predicted octanol–water partition coefficient (Wildman–Crippen LogP) is 1.89. The van der Waals surface area contributed by atoms with E-state index in [1.54, 1.807) is 18.2 Å². The second-order valence-corrected chi connectivity index (χ2v) is 5.18. The summed E-state index contributed by atoms with van der Waals surface area (Å²) in [5, 5.41) is 7.21. The van der Waals surface area contributed by atoms with E-state index < -0.39 is 0 Å². The quantitative estimate of drug-likeness (QED) is 0.932. The van der Waals surface area contributed by atoms with E-state index >= 15 is 0 Å². The largest absolute Gasteiger partial charge is 0.381 e. The first kappa shape index (κ1) is 14.2. The minimum atomic E-state index is -0.252. The van der Waals surface area contributed by atoms with Gasteiger partial charge in [0.1, 0.15) is 5.82 Å². The fourth-order valence-electron chi connectivity index (χ4n) is 2.63. The smallest absolute Gasteiger partial charge is 0.233 e. The van der Waals surface area contributed by atoms with E-state index in [0.29, 0.717) is 30.3 Å². The molecule has 1 aromatic carbocycles. The van der Waals surface area contributed by atoms with Crippen LogP contribution in [0.5, 0.6) is 0 Å². The van der Waals surface area contributed by atoms with Crippen molar-refractivity contribution >= 4 is 0 Å². The zero-order valence-corrected chi connectivity index (χ0v) is 11.9. The monoisotopic (exact) mass is 291 g/mol. The van der Waals surface area contributed by atoms with Gasteiger partial charge in [-0.05, 0) is 25.1 Å². The molecule has 21 heavy (non-hydrogen) atoms. The fourth-order valence-corrected chi connectivity index (χ4v) is 2.63. The van der Waals surface area contributed by atoms with Crippen molar-refractivity contribution in [2.45, 2.75) is 24.8 Å². The number of ether oxygens (including phenoxy) is 1. The second kappa shape index (κ2) is 6.32. The van der Waals surface area contributed by atoms with Crippen LogP contribution in [0.15, 0.2) is 28.8 Å². The van der Waals surface area contributed by atoms with E-state index in [-0.39, 0.29) is 17.8 Å². The first-order chi connectivity index (χ1) is 10.3. The number of benzene rings is 1. The van der Waals surface area contributed by atoms with Crippen molar-refractivity contribution in [3.63, 3.8) is 0 Å². The van der Waals surface area contributed by atoms with E-state index in [0.717, 1.165) is 13.0 Å². The van der Waals surface area contributed by atoms with E-state index in [1.165, 1.54) is 6.07 Å². The van der Waals surface area contributed by atoms with Gasteiger partial charge in [0.05, 0.1) is 12.5 Å². The Kier molecular flexibility index (Phi) is 4.26. The Morgan fingerprint density at radius 2 is 2.24 bits per heavy atom. The highest BCUT2D eigenvalue weighted by atomic mass is 19.1. The summed E-state index contributed by atoms with van der Waals surface area (Å²) in [6, 6.07) is 6.89. The maximum absolute atomic E-state index is 13.6. The Morgan fingerprint density at radius 1 is 1.38 bits per heavy atom. The van der Waals surface area contributed by atoms with E-state index in [9.17, 15) is 4.39 Å². The predicted molar refractivity (Wildman–Crippen MR) is 74.5 cm³/mol. The van der Waals surface area contributed by atoms with Crippen molar-refractivity contribution < 1.29 is 13.7 Å². The summed E-state index contributed by atoms with van der Waals surface area (Å²) in [6.45, 7) is 1.30. The summed E-state index contributed by atoms with van der Waals surface area (Å²) in [5.74, 6) is 0.847. The number of halogens is 1. The number of aromatic nitrogens is 2. The van der Waals surface area contributed by atoms with Crippen LogP contribution in [0.2, 0.25) is 0 Å². The topological polar surface area (TPSA) is 60.2 Å². The summed E-state index contributed by atoms with van der Waals surface area (Å²) in [7, 11) is 1.92. The Bertz CT molecular complexity index is 602. The highest BCUT2D eigenvalue weighted by molar-refractivity contribution is 5.20. The van der Waals surface area contributed by atoms with Crippen LogP contribution < -0.4 is 5.32 Å². The highest BCUT2D eigenvalue weighted by Crippen LogP contribution is 2.25. The van der Waals surface area contributed by atoms with Gasteiger partial charge >= 0.3 is 0 Å². The van der Waals surface area contributed by atoms with Crippen molar-refractivity contribution in [3.8, 4) is 0 Å². The maximum Gasteiger partial charge on any atom is 0.233 e. The molecule has 6 heteroatoms. The minimum absolute atomic E-state index is 0.0469. The van der Waals surface area contributed by atoms with Gasteiger partial charge in [-0.3, -0.25) is 0 Å². The molecular formula is C15H18FN3O2. The summed E-state index contributed by atoms with van der Waals surface area (Å²) in [5.41, 5.74) is 0.565. The van der Waals surface area contributed by atoms with Crippen molar-refractivity contribution in [1.29, 1.82) is 0 Å². The maximum atomic E-state index is 13.6. The molecule has 0 aliphatic carbocycles. The van der Waals surface area contributed by atoms with E-state index in [2.05, 4.69) is 15.5 Å². The summed E-state index contributed by atoms with van der Waals surface area (Å²) in [6.07, 6.45) is 1.24. The molecule has 1 saturated heterocycles. The minimum Gasteiger partial charge on any atom is -0.381 e. The second-order valence-electron chi connectivity index (χ2n) is 5.18. The molecule has 2 atom stereocenters. The van der Waals surface area contributed by atoms with Crippen molar-refractivity contribution in [3.05, 3.63) is 47.4 Å². The van der Waals surface area contributed by atoms with E-state index in [4.69, 9.17) is 9.26 Å². The molecule has 1 N–H and O–H groups in total. The third kappa shape index (κ3) is 3.11. The molecule has 3 rings (SSSR count). The molecule has 0 spiro atoms. The lowest BCUT2D eigenvalue weighted by Gasteiger charge is -2.28. The van der Waals surface area contributed by atoms with Gasteiger partial charge < -0.3 is 14.6 Å². The number of hydrogen-bond acceptors (Lipinski definition) is 5. The molecule has 0 saturated carbocycles. The van der Waals surface area contributed by atoms with Crippen LogP contribution in [0, 0.1) is 5.82 Å². The van der Waals surface area contributed by atoms with Gasteiger partial charge in [0.2, 0.25) is 5.89 Å². The molecule has 2 heterocycles. The Balaban J connectivity index is 1.75. The number of nitrogens with one attached hydrogen (secondary N) is 1.